The van der Waals surface area contributed by atoms with Crippen LogP contribution in [-0.2, 0) is 0 Å². The molecule has 0 bridgehead atoms. The molecule has 0 unspecified atom stereocenters. The number of halogens is 3. The number of allylic oxidation sites excluding steroid dienone is 3. The number of hydrogen-bond acceptors (Lipinski definition) is 1. The highest BCUT2D eigenvalue weighted by Crippen LogP contribution is 2.26. The molecule has 0 spiro atoms. The molecule has 0 aliphatic carbocycles. The van der Waals surface area contributed by atoms with E-state index in [9.17, 15) is 13.2 Å². The second kappa shape index (κ2) is 5.87. The van der Waals surface area contributed by atoms with Gasteiger partial charge in [-0.15, -0.1) is 0 Å². The van der Waals surface area contributed by atoms with Crippen molar-refractivity contribution < 1.29 is 13.2 Å². The van der Waals surface area contributed by atoms with Crippen molar-refractivity contribution in [3.8, 4) is 0 Å². The molecule has 4 heteroatoms. The van der Waals surface area contributed by atoms with Crippen LogP contribution in [0.3, 0.4) is 0 Å². The van der Waals surface area contributed by atoms with E-state index >= 15 is 0 Å². The van der Waals surface area contributed by atoms with Gasteiger partial charge < -0.3 is 0 Å². The van der Waals surface area contributed by atoms with Crippen molar-refractivity contribution in [2.75, 3.05) is 7.05 Å². The third-order valence-electron chi connectivity index (χ3n) is 2.68. The van der Waals surface area contributed by atoms with Gasteiger partial charge in [0, 0.05) is 19.2 Å². The lowest BCUT2D eigenvalue weighted by Crippen LogP contribution is -2.08. The van der Waals surface area contributed by atoms with Crippen LogP contribution in [0.15, 0.2) is 28.3 Å². The van der Waals surface area contributed by atoms with E-state index in [0.29, 0.717) is 5.57 Å². The summed E-state index contributed by atoms with van der Waals surface area (Å²) in [6, 6.07) is 0. The Balaban J connectivity index is 4.63. The summed E-state index contributed by atoms with van der Waals surface area (Å²) in [6.07, 6.45) is -4.99. The summed E-state index contributed by atoms with van der Waals surface area (Å²) in [5.74, 6) is 0. The number of alkyl halides is 3. The first kappa shape index (κ1) is 14.9. The summed E-state index contributed by atoms with van der Waals surface area (Å²) in [5.41, 5.74) is 3.05. The zero-order valence-corrected chi connectivity index (χ0v) is 10.2. The summed E-state index contributed by atoms with van der Waals surface area (Å²) < 4.78 is 36.1. The average Bonchev–Trinajstić information content (AvgIpc) is 2.21. The van der Waals surface area contributed by atoms with Gasteiger partial charge in [0.25, 0.3) is 0 Å². The van der Waals surface area contributed by atoms with Gasteiger partial charge in [0.2, 0.25) is 0 Å². The second-order valence-corrected chi connectivity index (χ2v) is 3.78. The van der Waals surface area contributed by atoms with E-state index in [-0.39, 0.29) is 6.42 Å². The fourth-order valence-corrected chi connectivity index (χ4v) is 1.18. The average molecular weight is 233 g/mol. The topological polar surface area (TPSA) is 12.4 Å². The zero-order chi connectivity index (χ0) is 12.9. The fraction of sp³-hybridized carbons (Fsp3) is 0.583. The summed E-state index contributed by atoms with van der Waals surface area (Å²) in [5, 5.41) is 0. The normalized spacial score (nSPS) is 14.8. The molecule has 0 atom stereocenters. The first-order valence-corrected chi connectivity index (χ1v) is 5.05. The minimum Gasteiger partial charge on any atom is -0.293 e. The predicted octanol–water partition coefficient (Wildman–Crippen LogP) is 4.31. The van der Waals surface area contributed by atoms with Crippen molar-refractivity contribution in [3.05, 3.63) is 23.3 Å². The molecular weight excluding hydrogens is 215 g/mol. The molecule has 16 heavy (non-hydrogen) atoms. The van der Waals surface area contributed by atoms with Crippen LogP contribution in [0.25, 0.3) is 0 Å². The lowest BCUT2D eigenvalue weighted by Gasteiger charge is -2.12. The van der Waals surface area contributed by atoms with Crippen LogP contribution < -0.4 is 0 Å². The van der Waals surface area contributed by atoms with Crippen molar-refractivity contribution in [2.24, 2.45) is 4.99 Å². The van der Waals surface area contributed by atoms with E-state index in [1.807, 2.05) is 13.8 Å². The number of hydrogen-bond donors (Lipinski definition) is 0. The van der Waals surface area contributed by atoms with Crippen molar-refractivity contribution in [1.82, 2.24) is 0 Å². The summed E-state index contributed by atoms with van der Waals surface area (Å²) in [4.78, 5) is 4.00. The number of rotatable bonds is 4. The summed E-state index contributed by atoms with van der Waals surface area (Å²) in [7, 11) is 1.66. The number of aliphatic imine (C=N–C) groups is 1. The Morgan fingerprint density at radius 3 is 2.00 bits per heavy atom. The van der Waals surface area contributed by atoms with Gasteiger partial charge >= 0.3 is 6.18 Å². The highest BCUT2D eigenvalue weighted by Gasteiger charge is 2.26. The zero-order valence-electron chi connectivity index (χ0n) is 10.2. The molecule has 0 amide bonds. The van der Waals surface area contributed by atoms with E-state index in [2.05, 4.69) is 11.6 Å². The van der Waals surface area contributed by atoms with E-state index < -0.39 is 12.6 Å². The molecule has 0 rings (SSSR count). The van der Waals surface area contributed by atoms with Crippen LogP contribution in [-0.4, -0.2) is 18.9 Å². The van der Waals surface area contributed by atoms with Crippen LogP contribution in [0, 0.1) is 0 Å². The lowest BCUT2D eigenvalue weighted by atomic mass is 9.97. The molecule has 0 radical (unpaired) electrons. The molecule has 0 heterocycles. The summed E-state index contributed by atoms with van der Waals surface area (Å²) >= 11 is 0. The van der Waals surface area contributed by atoms with Gasteiger partial charge in [0.15, 0.2) is 0 Å². The van der Waals surface area contributed by atoms with E-state index in [4.69, 9.17) is 0 Å². The quantitative estimate of drug-likeness (QED) is 0.506. The Labute approximate surface area is 94.8 Å². The van der Waals surface area contributed by atoms with Crippen molar-refractivity contribution in [3.63, 3.8) is 0 Å². The maximum atomic E-state index is 12.0. The molecule has 0 N–H and O–H groups in total. The van der Waals surface area contributed by atoms with Gasteiger partial charge in [-0.2, -0.15) is 13.2 Å². The van der Waals surface area contributed by atoms with Crippen LogP contribution in [0.5, 0.6) is 0 Å². The van der Waals surface area contributed by atoms with Gasteiger partial charge in [-0.3, -0.25) is 4.99 Å². The van der Waals surface area contributed by atoms with Gasteiger partial charge in [-0.05, 0) is 38.3 Å². The third kappa shape index (κ3) is 5.14. The molecule has 0 saturated carbocycles. The van der Waals surface area contributed by atoms with E-state index in [1.165, 1.54) is 0 Å². The number of nitrogens with zero attached hydrogens (tertiary/aromatic N) is 1. The Morgan fingerprint density at radius 2 is 1.62 bits per heavy atom. The SMILES string of the molecule is C=C(CCC(F)(F)F)/C(C)=C(\C)C(C)=NC. The first-order chi connectivity index (χ1) is 7.19. The van der Waals surface area contributed by atoms with E-state index in [1.54, 1.807) is 14.0 Å². The minimum absolute atomic E-state index is 0.0519. The van der Waals surface area contributed by atoms with Gasteiger partial charge in [0.1, 0.15) is 0 Å². The molecule has 0 aromatic carbocycles. The third-order valence-corrected chi connectivity index (χ3v) is 2.68. The molecule has 0 aromatic rings. The standard InChI is InChI=1S/C12H18F3N/c1-8(6-7-12(13,14)15)9(2)10(3)11(4)16-5/h1,6-7H2,2-5H3/b10-9+,16-11?. The van der Waals surface area contributed by atoms with Gasteiger partial charge in [0.05, 0.1) is 0 Å². The maximum Gasteiger partial charge on any atom is 0.389 e. The molecule has 0 aliphatic rings. The van der Waals surface area contributed by atoms with E-state index in [0.717, 1.165) is 16.9 Å². The van der Waals surface area contributed by atoms with Crippen molar-refractivity contribution in [2.45, 2.75) is 39.8 Å². The predicted molar refractivity (Wildman–Crippen MR) is 61.8 cm³/mol. The van der Waals surface area contributed by atoms with Crippen molar-refractivity contribution >= 4 is 5.71 Å². The highest BCUT2D eigenvalue weighted by atomic mass is 19.4. The van der Waals surface area contributed by atoms with Crippen LogP contribution in [0.4, 0.5) is 13.2 Å². The summed E-state index contributed by atoms with van der Waals surface area (Å²) in [6.45, 7) is 9.14. The molecule has 0 fully saturated rings. The molecule has 0 aliphatic heterocycles. The molecular formula is C12H18F3N. The smallest absolute Gasteiger partial charge is 0.293 e. The Morgan fingerprint density at radius 1 is 1.12 bits per heavy atom. The molecule has 0 aromatic heterocycles. The highest BCUT2D eigenvalue weighted by molar-refractivity contribution is 5.98. The monoisotopic (exact) mass is 233 g/mol. The lowest BCUT2D eigenvalue weighted by molar-refractivity contribution is -0.133. The fourth-order valence-electron chi connectivity index (χ4n) is 1.18. The molecule has 0 saturated heterocycles. The largest absolute Gasteiger partial charge is 0.389 e. The Hall–Kier alpha value is -1.06. The molecule has 92 valence electrons. The van der Waals surface area contributed by atoms with Gasteiger partial charge in [-0.25, -0.2) is 0 Å². The van der Waals surface area contributed by atoms with Crippen LogP contribution >= 0.6 is 0 Å². The minimum atomic E-state index is -4.12. The Kier molecular flexibility index (Phi) is 5.48. The van der Waals surface area contributed by atoms with Crippen LogP contribution in [0.2, 0.25) is 0 Å². The van der Waals surface area contributed by atoms with Crippen LogP contribution in [0.1, 0.15) is 33.6 Å². The second-order valence-electron chi connectivity index (χ2n) is 3.78. The first-order valence-electron chi connectivity index (χ1n) is 5.05. The van der Waals surface area contributed by atoms with Gasteiger partial charge in [-0.1, -0.05) is 12.2 Å². The molecule has 1 nitrogen and oxygen atoms in total. The van der Waals surface area contributed by atoms with Crippen molar-refractivity contribution in [1.29, 1.82) is 0 Å². The Bertz CT molecular complexity index is 322. The maximum absolute atomic E-state index is 12.0.